The van der Waals surface area contributed by atoms with Crippen LogP contribution in [0.1, 0.15) is 5.56 Å². The van der Waals surface area contributed by atoms with Crippen LogP contribution in [0, 0.1) is 4.91 Å². The van der Waals surface area contributed by atoms with Crippen LogP contribution < -0.4 is 0 Å². The Balaban J connectivity index is 1.83. The van der Waals surface area contributed by atoms with Crippen molar-refractivity contribution in [1.82, 2.24) is 9.99 Å². The van der Waals surface area contributed by atoms with Gasteiger partial charge < -0.3 is 35.3 Å². The topological polar surface area (TPSA) is 176 Å². The molecule has 1 aromatic heterocycles. The quantitative estimate of drug-likeness (QED) is 0.252. The minimum atomic E-state index is -2.49. The van der Waals surface area contributed by atoms with Crippen LogP contribution in [0.15, 0.2) is 35.7 Å². The van der Waals surface area contributed by atoms with Crippen molar-refractivity contribution in [3.63, 3.8) is 0 Å². The fourth-order valence-electron chi connectivity index (χ4n) is 3.29. The van der Waals surface area contributed by atoms with E-state index < -0.39 is 49.3 Å². The molecule has 1 aliphatic heterocycles. The average molecular weight is 395 g/mol. The molecule has 0 saturated carbocycles. The van der Waals surface area contributed by atoms with E-state index in [-0.39, 0.29) is 6.42 Å². The molecule has 28 heavy (non-hydrogen) atoms. The maximum Gasteiger partial charge on any atom is 0.328 e. The van der Waals surface area contributed by atoms with Crippen LogP contribution in [0.3, 0.4) is 0 Å². The maximum absolute atomic E-state index is 11.8. The summed E-state index contributed by atoms with van der Waals surface area (Å²) in [5.41, 5.74) is 1.40. The summed E-state index contributed by atoms with van der Waals surface area (Å²) >= 11 is 0. The molecular formula is C17H21N3O8. The molecule has 11 heteroatoms. The van der Waals surface area contributed by atoms with E-state index in [1.807, 2.05) is 12.1 Å². The molecule has 1 fully saturated rings. The van der Waals surface area contributed by atoms with E-state index in [0.29, 0.717) is 10.6 Å². The molecule has 3 rings (SSSR count). The molecule has 152 valence electrons. The summed E-state index contributed by atoms with van der Waals surface area (Å²) < 4.78 is 4.98. The van der Waals surface area contributed by atoms with Gasteiger partial charge in [-0.2, -0.15) is 0 Å². The molecular weight excluding hydrogens is 374 g/mol. The second-order valence-corrected chi connectivity index (χ2v) is 6.76. The summed E-state index contributed by atoms with van der Waals surface area (Å²) in [6, 6.07) is 5.73. The van der Waals surface area contributed by atoms with Crippen molar-refractivity contribution in [2.45, 2.75) is 36.6 Å². The normalized spacial score (nSPS) is 28.8. The molecule has 6 N–H and O–H groups in total. The van der Waals surface area contributed by atoms with Crippen molar-refractivity contribution in [3.05, 3.63) is 40.9 Å². The lowest BCUT2D eigenvalue weighted by molar-refractivity contribution is -0.326. The number of nitrogens with zero attached hydrogens (tertiary/aromatic N) is 2. The van der Waals surface area contributed by atoms with E-state index in [1.54, 1.807) is 18.3 Å². The highest BCUT2D eigenvalue weighted by molar-refractivity contribution is 5.84. The largest absolute Gasteiger partial charge is 0.480 e. The van der Waals surface area contributed by atoms with Crippen LogP contribution >= 0.6 is 0 Å². The van der Waals surface area contributed by atoms with Crippen molar-refractivity contribution in [2.24, 2.45) is 5.29 Å². The Morgan fingerprint density at radius 3 is 2.75 bits per heavy atom. The third-order valence-corrected chi connectivity index (χ3v) is 4.91. The number of para-hydroxylation sites is 1. The number of H-pyrrole nitrogens is 1. The minimum absolute atomic E-state index is 0.123. The van der Waals surface area contributed by atoms with E-state index in [9.17, 15) is 35.2 Å². The summed E-state index contributed by atoms with van der Waals surface area (Å²) in [4.78, 5) is 26.1. The number of aliphatic hydroxyl groups excluding tert-OH is 3. The minimum Gasteiger partial charge on any atom is -0.480 e. The van der Waals surface area contributed by atoms with Crippen molar-refractivity contribution in [3.8, 4) is 0 Å². The van der Waals surface area contributed by atoms with Crippen molar-refractivity contribution >= 4 is 16.9 Å². The van der Waals surface area contributed by atoms with Gasteiger partial charge >= 0.3 is 5.97 Å². The number of nitrogens with one attached hydrogen (secondary N) is 1. The Labute approximate surface area is 158 Å². The number of fused-ring (bicyclic) bond motifs is 1. The Bertz CT molecular complexity index is 858. The summed E-state index contributed by atoms with van der Waals surface area (Å²) in [5, 5.41) is 53.3. The number of rotatable bonds is 7. The van der Waals surface area contributed by atoms with Gasteiger partial charge in [0.1, 0.15) is 18.3 Å². The number of aliphatic hydroxyl groups is 4. The lowest BCUT2D eigenvalue weighted by atomic mass is 9.96. The van der Waals surface area contributed by atoms with Crippen LogP contribution in [-0.2, 0) is 16.0 Å². The summed E-state index contributed by atoms with van der Waals surface area (Å²) in [5.74, 6) is -3.86. The number of aromatic amines is 1. The summed E-state index contributed by atoms with van der Waals surface area (Å²) in [6.07, 6.45) is -3.64. The molecule has 0 radical (unpaired) electrons. The first-order valence-corrected chi connectivity index (χ1v) is 8.55. The molecule has 0 amide bonds. The number of carbonyl (C=O) groups is 1. The van der Waals surface area contributed by atoms with Gasteiger partial charge in [-0.25, -0.2) is 9.80 Å². The number of carboxylic acid groups (broad SMARTS) is 1. The first-order valence-electron chi connectivity index (χ1n) is 8.55. The fourth-order valence-corrected chi connectivity index (χ4v) is 3.29. The smallest absolute Gasteiger partial charge is 0.328 e. The van der Waals surface area contributed by atoms with Crippen molar-refractivity contribution in [1.29, 1.82) is 0 Å². The van der Waals surface area contributed by atoms with E-state index in [2.05, 4.69) is 10.3 Å². The zero-order valence-corrected chi connectivity index (χ0v) is 14.7. The van der Waals surface area contributed by atoms with E-state index >= 15 is 0 Å². The zero-order valence-electron chi connectivity index (χ0n) is 14.7. The van der Waals surface area contributed by atoms with E-state index in [1.165, 1.54) is 0 Å². The Morgan fingerprint density at radius 1 is 1.36 bits per heavy atom. The van der Waals surface area contributed by atoms with Crippen LogP contribution in [0.4, 0.5) is 0 Å². The van der Waals surface area contributed by atoms with Crippen LogP contribution in [-0.4, -0.2) is 84.8 Å². The Hall–Kier alpha value is -2.57. The molecule has 0 aliphatic carbocycles. The predicted molar refractivity (Wildman–Crippen MR) is 94.8 cm³/mol. The van der Waals surface area contributed by atoms with Crippen LogP contribution in [0.25, 0.3) is 10.9 Å². The summed E-state index contributed by atoms with van der Waals surface area (Å²) in [6.45, 7) is -1.33. The van der Waals surface area contributed by atoms with E-state index in [4.69, 9.17) is 4.74 Å². The lowest BCUT2D eigenvalue weighted by Crippen LogP contribution is -2.65. The third kappa shape index (κ3) is 3.70. The number of carboxylic acids is 1. The van der Waals surface area contributed by atoms with Gasteiger partial charge in [-0.3, -0.25) is 0 Å². The molecule has 0 unspecified atom stereocenters. The highest BCUT2D eigenvalue weighted by Crippen LogP contribution is 2.27. The molecule has 1 aliphatic rings. The summed E-state index contributed by atoms with van der Waals surface area (Å²) in [7, 11) is 0. The van der Waals surface area contributed by atoms with Gasteiger partial charge in [-0.15, -0.1) is 4.91 Å². The number of hydrogen-bond donors (Lipinski definition) is 6. The number of benzene rings is 1. The third-order valence-electron chi connectivity index (χ3n) is 4.91. The van der Waals surface area contributed by atoms with Crippen molar-refractivity contribution < 1.29 is 35.1 Å². The SMILES string of the molecule is O=NN(C[C@]1(O)OC[C@@H](O)[C@@H](O)[C@H]1O)[C@H](Cc1c[nH]c2ccccc12)C(=O)O. The van der Waals surface area contributed by atoms with Crippen LogP contribution in [0.5, 0.6) is 0 Å². The monoisotopic (exact) mass is 395 g/mol. The number of aromatic nitrogens is 1. The molecule has 0 bridgehead atoms. The highest BCUT2D eigenvalue weighted by Gasteiger charge is 2.50. The first-order chi connectivity index (χ1) is 13.3. The molecule has 1 saturated heterocycles. The lowest BCUT2D eigenvalue weighted by Gasteiger charge is -2.43. The Morgan fingerprint density at radius 2 is 2.07 bits per heavy atom. The van der Waals surface area contributed by atoms with Gasteiger partial charge in [0.2, 0.25) is 5.79 Å². The average Bonchev–Trinajstić information content (AvgIpc) is 3.09. The molecule has 11 nitrogen and oxygen atoms in total. The van der Waals surface area contributed by atoms with Crippen molar-refractivity contribution in [2.75, 3.05) is 13.2 Å². The van der Waals surface area contributed by atoms with E-state index in [0.717, 1.165) is 10.9 Å². The number of aliphatic carboxylic acids is 1. The van der Waals surface area contributed by atoms with Crippen LogP contribution in [0.2, 0.25) is 0 Å². The standard InChI is InChI=1S/C17H21N3O8/c21-13-7-28-17(26,15(23)14(13)22)8-20(19-27)12(16(24)25)5-9-6-18-11-4-2-1-3-10(9)11/h1-4,6,12-15,18,21-23,26H,5,7-8H2,(H,24,25)/t12-,13-,14-,15-,17+/m1/s1. The van der Waals surface area contributed by atoms with Gasteiger partial charge in [0, 0.05) is 23.5 Å². The van der Waals surface area contributed by atoms with Gasteiger partial charge in [0.05, 0.1) is 18.4 Å². The first kappa shape index (κ1) is 20.2. The van der Waals surface area contributed by atoms with Gasteiger partial charge in [-0.05, 0) is 11.6 Å². The highest BCUT2D eigenvalue weighted by atomic mass is 16.6. The Kier molecular flexibility index (Phi) is 5.63. The number of hydrogen-bond acceptors (Lipinski definition) is 8. The second-order valence-electron chi connectivity index (χ2n) is 6.76. The predicted octanol–water partition coefficient (Wildman–Crippen LogP) is -1.05. The molecule has 5 atom stereocenters. The van der Waals surface area contributed by atoms with Gasteiger partial charge in [-0.1, -0.05) is 18.2 Å². The van der Waals surface area contributed by atoms with Gasteiger partial charge in [0.25, 0.3) is 0 Å². The molecule has 0 spiro atoms. The maximum atomic E-state index is 11.8. The zero-order chi connectivity index (χ0) is 20.5. The molecule has 2 aromatic rings. The fraction of sp³-hybridized carbons (Fsp3) is 0.471. The number of nitroso groups, excluding NO2 is 1. The molecule has 1 aromatic carbocycles. The molecule has 2 heterocycles. The van der Waals surface area contributed by atoms with Gasteiger partial charge in [0.15, 0.2) is 6.04 Å². The second kappa shape index (κ2) is 7.81. The number of ether oxygens (including phenoxy) is 1.